The number of ether oxygens (including phenoxy) is 2. The highest BCUT2D eigenvalue weighted by Gasteiger charge is 2.30. The van der Waals surface area contributed by atoms with Crippen molar-refractivity contribution in [3.63, 3.8) is 0 Å². The number of nitrogens with zero attached hydrogens (tertiary/aromatic N) is 1. The van der Waals surface area contributed by atoms with E-state index in [9.17, 15) is 9.59 Å². The first kappa shape index (κ1) is 16.1. The number of aliphatic carboxylic acids is 1. The first-order valence-electron chi connectivity index (χ1n) is 7.29. The fraction of sp³-hybridized carbons (Fsp3) is 0.500. The van der Waals surface area contributed by atoms with E-state index in [1.165, 1.54) is 0 Å². The van der Waals surface area contributed by atoms with Crippen LogP contribution in [0.15, 0.2) is 18.2 Å². The first-order valence-corrected chi connectivity index (χ1v) is 7.29. The summed E-state index contributed by atoms with van der Waals surface area (Å²) in [4.78, 5) is 24.5. The van der Waals surface area contributed by atoms with Crippen molar-refractivity contribution in [2.45, 2.75) is 19.8 Å². The van der Waals surface area contributed by atoms with Gasteiger partial charge in [0.05, 0.1) is 26.1 Å². The third-order valence-electron chi connectivity index (χ3n) is 3.78. The van der Waals surface area contributed by atoms with Crippen LogP contribution < -0.4 is 9.47 Å². The van der Waals surface area contributed by atoms with E-state index < -0.39 is 11.9 Å². The highest BCUT2D eigenvalue weighted by Crippen LogP contribution is 2.28. The molecule has 1 heterocycles. The predicted octanol–water partition coefficient (Wildman–Crippen LogP) is 1.71. The van der Waals surface area contributed by atoms with Crippen LogP contribution in [0.25, 0.3) is 0 Å². The number of carbonyl (C=O) groups is 2. The molecular weight excluding hydrogens is 286 g/mol. The van der Waals surface area contributed by atoms with Gasteiger partial charge in [-0.2, -0.15) is 0 Å². The zero-order chi connectivity index (χ0) is 16.1. The van der Waals surface area contributed by atoms with Gasteiger partial charge in [0.1, 0.15) is 0 Å². The number of hydrogen-bond acceptors (Lipinski definition) is 4. The minimum atomic E-state index is -0.837. The Labute approximate surface area is 129 Å². The molecule has 1 fully saturated rings. The van der Waals surface area contributed by atoms with Crippen LogP contribution in [-0.4, -0.2) is 48.7 Å². The Balaban J connectivity index is 1.82. The van der Waals surface area contributed by atoms with Gasteiger partial charge in [-0.3, -0.25) is 9.59 Å². The number of hydrogen-bond donors (Lipinski definition) is 1. The minimum absolute atomic E-state index is 0.0742. The number of amides is 1. The zero-order valence-electron chi connectivity index (χ0n) is 12.9. The monoisotopic (exact) mass is 307 g/mol. The molecule has 120 valence electrons. The summed E-state index contributed by atoms with van der Waals surface area (Å²) in [5.41, 5.74) is 1.07. The molecule has 6 nitrogen and oxygen atoms in total. The molecule has 0 saturated carbocycles. The zero-order valence-corrected chi connectivity index (χ0v) is 12.9. The van der Waals surface area contributed by atoms with E-state index >= 15 is 0 Å². The molecule has 1 aliphatic heterocycles. The van der Waals surface area contributed by atoms with E-state index in [1.54, 1.807) is 12.0 Å². The average molecular weight is 307 g/mol. The van der Waals surface area contributed by atoms with Crippen LogP contribution in [0.2, 0.25) is 0 Å². The summed E-state index contributed by atoms with van der Waals surface area (Å²) in [6, 6.07) is 5.60. The number of aryl methyl sites for hydroxylation is 1. The summed E-state index contributed by atoms with van der Waals surface area (Å²) in [5.74, 6) is -0.113. The van der Waals surface area contributed by atoms with Crippen LogP contribution >= 0.6 is 0 Å². The Kier molecular flexibility index (Phi) is 5.25. The van der Waals surface area contributed by atoms with Gasteiger partial charge in [0.25, 0.3) is 0 Å². The van der Waals surface area contributed by atoms with Gasteiger partial charge in [0.15, 0.2) is 11.5 Å². The van der Waals surface area contributed by atoms with E-state index in [1.807, 2.05) is 25.1 Å². The molecule has 0 radical (unpaired) electrons. The third-order valence-corrected chi connectivity index (χ3v) is 3.78. The van der Waals surface area contributed by atoms with Gasteiger partial charge >= 0.3 is 5.97 Å². The van der Waals surface area contributed by atoms with Gasteiger partial charge in [-0.25, -0.2) is 0 Å². The molecule has 1 atom stereocenters. The molecule has 1 N–H and O–H groups in total. The van der Waals surface area contributed by atoms with E-state index in [-0.39, 0.29) is 18.9 Å². The van der Waals surface area contributed by atoms with Crippen molar-refractivity contribution >= 4 is 11.9 Å². The Hall–Kier alpha value is -2.24. The van der Waals surface area contributed by atoms with E-state index in [0.29, 0.717) is 31.0 Å². The van der Waals surface area contributed by atoms with Crippen LogP contribution in [0, 0.1) is 12.8 Å². The quantitative estimate of drug-likeness (QED) is 0.866. The Morgan fingerprint density at radius 3 is 2.77 bits per heavy atom. The van der Waals surface area contributed by atoms with Gasteiger partial charge in [-0.05, 0) is 31.0 Å². The lowest BCUT2D eigenvalue weighted by Crippen LogP contribution is -2.30. The maximum Gasteiger partial charge on any atom is 0.308 e. The fourth-order valence-electron chi connectivity index (χ4n) is 2.49. The lowest BCUT2D eigenvalue weighted by atomic mass is 10.1. The van der Waals surface area contributed by atoms with Crippen molar-refractivity contribution in [1.82, 2.24) is 4.90 Å². The normalized spacial score (nSPS) is 17.4. The molecule has 1 aromatic rings. The highest BCUT2D eigenvalue weighted by molar-refractivity contribution is 5.78. The Morgan fingerprint density at radius 2 is 2.14 bits per heavy atom. The molecule has 0 spiro atoms. The second-order valence-corrected chi connectivity index (χ2v) is 5.42. The second-order valence-electron chi connectivity index (χ2n) is 5.42. The molecule has 2 rings (SSSR count). The Bertz CT molecular complexity index is 557. The van der Waals surface area contributed by atoms with Crippen LogP contribution in [-0.2, 0) is 9.59 Å². The van der Waals surface area contributed by atoms with Crippen molar-refractivity contribution in [3.8, 4) is 11.5 Å². The molecule has 0 unspecified atom stereocenters. The minimum Gasteiger partial charge on any atom is -0.493 e. The molecule has 1 aromatic carbocycles. The van der Waals surface area contributed by atoms with Crippen molar-refractivity contribution in [1.29, 1.82) is 0 Å². The number of benzene rings is 1. The molecule has 1 saturated heterocycles. The number of rotatable bonds is 6. The maximum atomic E-state index is 12.0. The van der Waals surface area contributed by atoms with Crippen LogP contribution in [0.1, 0.15) is 18.4 Å². The Morgan fingerprint density at radius 1 is 1.36 bits per heavy atom. The fourth-order valence-corrected chi connectivity index (χ4v) is 2.49. The second kappa shape index (κ2) is 7.15. The predicted molar refractivity (Wildman–Crippen MR) is 80.2 cm³/mol. The molecule has 22 heavy (non-hydrogen) atoms. The van der Waals surface area contributed by atoms with Crippen molar-refractivity contribution in [2.75, 3.05) is 26.8 Å². The SMILES string of the molecule is COc1cc(C)ccc1OCCC(=O)N1CC[C@@H](C(=O)O)C1. The van der Waals surface area contributed by atoms with Gasteiger partial charge in [0, 0.05) is 13.1 Å². The van der Waals surface area contributed by atoms with Crippen LogP contribution in [0.5, 0.6) is 11.5 Å². The number of carbonyl (C=O) groups excluding carboxylic acids is 1. The maximum absolute atomic E-state index is 12.0. The van der Waals surface area contributed by atoms with Crippen molar-refractivity contribution in [2.24, 2.45) is 5.92 Å². The number of carboxylic acid groups (broad SMARTS) is 1. The summed E-state index contributed by atoms with van der Waals surface area (Å²) >= 11 is 0. The number of carboxylic acids is 1. The number of methoxy groups -OCH3 is 1. The molecule has 0 aliphatic carbocycles. The van der Waals surface area contributed by atoms with Gasteiger partial charge < -0.3 is 19.5 Å². The average Bonchev–Trinajstić information content (AvgIpc) is 2.98. The molecule has 6 heteroatoms. The largest absolute Gasteiger partial charge is 0.493 e. The summed E-state index contributed by atoms with van der Waals surface area (Å²) in [7, 11) is 1.57. The molecule has 1 amide bonds. The highest BCUT2D eigenvalue weighted by atomic mass is 16.5. The third kappa shape index (κ3) is 3.90. The first-order chi connectivity index (χ1) is 10.5. The van der Waals surface area contributed by atoms with E-state index in [2.05, 4.69) is 0 Å². The smallest absolute Gasteiger partial charge is 0.308 e. The topological polar surface area (TPSA) is 76.1 Å². The van der Waals surface area contributed by atoms with E-state index in [4.69, 9.17) is 14.6 Å². The van der Waals surface area contributed by atoms with E-state index in [0.717, 1.165) is 5.56 Å². The van der Waals surface area contributed by atoms with Gasteiger partial charge in [0.2, 0.25) is 5.91 Å². The number of likely N-dealkylation sites (tertiary alicyclic amines) is 1. The lowest BCUT2D eigenvalue weighted by Gasteiger charge is -2.16. The van der Waals surface area contributed by atoms with Crippen LogP contribution in [0.3, 0.4) is 0 Å². The van der Waals surface area contributed by atoms with Crippen LogP contribution in [0.4, 0.5) is 0 Å². The summed E-state index contributed by atoms with van der Waals surface area (Å²) in [5, 5.41) is 8.94. The summed E-state index contributed by atoms with van der Waals surface area (Å²) < 4.78 is 10.8. The molecule has 1 aliphatic rings. The lowest BCUT2D eigenvalue weighted by molar-refractivity contribution is -0.141. The summed E-state index contributed by atoms with van der Waals surface area (Å²) in [6.07, 6.45) is 0.747. The standard InChI is InChI=1S/C16H21NO5/c1-11-3-4-13(14(9-11)21-2)22-8-6-15(18)17-7-5-12(10-17)16(19)20/h3-4,9,12H,5-8,10H2,1-2H3,(H,19,20)/t12-/m1/s1. The van der Waals surface area contributed by atoms with Gasteiger partial charge in [-0.1, -0.05) is 6.07 Å². The molecule has 0 bridgehead atoms. The van der Waals surface area contributed by atoms with Crippen molar-refractivity contribution < 1.29 is 24.2 Å². The summed E-state index contributed by atoms with van der Waals surface area (Å²) in [6.45, 7) is 3.00. The molecular formula is C16H21NO5. The molecule has 0 aromatic heterocycles. The van der Waals surface area contributed by atoms with Crippen molar-refractivity contribution in [3.05, 3.63) is 23.8 Å². The van der Waals surface area contributed by atoms with Gasteiger partial charge in [-0.15, -0.1) is 0 Å².